The molecule has 0 aliphatic carbocycles. The van der Waals surface area contributed by atoms with E-state index < -0.39 is 5.91 Å². The fourth-order valence-electron chi connectivity index (χ4n) is 0.885. The van der Waals surface area contributed by atoms with E-state index in [1.807, 2.05) is 6.07 Å². The van der Waals surface area contributed by atoms with E-state index in [4.69, 9.17) is 11.0 Å². The number of nitriles is 1. The molecule has 5 heteroatoms. The third-order valence-corrected chi connectivity index (χ3v) is 3.48. The Balaban J connectivity index is 3.53. The third kappa shape index (κ3) is 1.90. The SMILES string of the molecule is N#Cc1ccc(Br)c(Br)c1C(N)=O. The first-order chi connectivity index (χ1) is 6.07. The van der Waals surface area contributed by atoms with Crippen molar-refractivity contribution in [1.29, 1.82) is 5.26 Å². The highest BCUT2D eigenvalue weighted by molar-refractivity contribution is 9.13. The molecule has 0 saturated carbocycles. The Bertz CT molecular complexity index is 409. The molecule has 3 nitrogen and oxygen atoms in total. The monoisotopic (exact) mass is 302 g/mol. The highest BCUT2D eigenvalue weighted by atomic mass is 79.9. The van der Waals surface area contributed by atoms with E-state index in [1.165, 1.54) is 6.07 Å². The van der Waals surface area contributed by atoms with Crippen LogP contribution in [0.5, 0.6) is 0 Å². The van der Waals surface area contributed by atoms with E-state index in [0.717, 1.165) is 0 Å². The summed E-state index contributed by atoms with van der Waals surface area (Å²) in [5, 5.41) is 8.69. The van der Waals surface area contributed by atoms with E-state index >= 15 is 0 Å². The molecule has 0 heterocycles. The minimum absolute atomic E-state index is 0.205. The normalized spacial score (nSPS) is 9.31. The molecule has 0 aliphatic rings. The lowest BCUT2D eigenvalue weighted by atomic mass is 10.1. The molecule has 1 aromatic rings. The van der Waals surface area contributed by atoms with Gasteiger partial charge >= 0.3 is 0 Å². The van der Waals surface area contributed by atoms with Crippen LogP contribution in [0.2, 0.25) is 0 Å². The topological polar surface area (TPSA) is 66.9 Å². The van der Waals surface area contributed by atoms with Gasteiger partial charge in [0.05, 0.1) is 17.2 Å². The predicted molar refractivity (Wildman–Crippen MR) is 55.1 cm³/mol. The molecule has 0 unspecified atom stereocenters. The fourth-order valence-corrected chi connectivity index (χ4v) is 1.76. The molecule has 66 valence electrons. The molecule has 1 aromatic carbocycles. The smallest absolute Gasteiger partial charge is 0.251 e. The summed E-state index contributed by atoms with van der Waals surface area (Å²) in [6.45, 7) is 0. The Kier molecular flexibility index (Phi) is 3.07. The van der Waals surface area contributed by atoms with Gasteiger partial charge in [0.25, 0.3) is 5.91 Å². The van der Waals surface area contributed by atoms with E-state index in [9.17, 15) is 4.79 Å². The molecule has 0 bridgehead atoms. The van der Waals surface area contributed by atoms with Gasteiger partial charge in [-0.05, 0) is 44.0 Å². The van der Waals surface area contributed by atoms with Gasteiger partial charge in [0, 0.05) is 8.95 Å². The first kappa shape index (κ1) is 10.2. The summed E-state index contributed by atoms with van der Waals surface area (Å²) in [6.07, 6.45) is 0. The maximum absolute atomic E-state index is 11.0. The van der Waals surface area contributed by atoms with Crippen LogP contribution in [0.15, 0.2) is 21.1 Å². The van der Waals surface area contributed by atoms with Gasteiger partial charge < -0.3 is 5.73 Å². The molecule has 2 N–H and O–H groups in total. The van der Waals surface area contributed by atoms with Crippen molar-refractivity contribution in [3.8, 4) is 6.07 Å². The van der Waals surface area contributed by atoms with Crippen molar-refractivity contribution in [3.05, 3.63) is 32.2 Å². The highest BCUT2D eigenvalue weighted by Gasteiger charge is 2.14. The average molecular weight is 304 g/mol. The molecule has 0 spiro atoms. The van der Waals surface area contributed by atoms with Crippen molar-refractivity contribution in [2.75, 3.05) is 0 Å². The van der Waals surface area contributed by atoms with Crippen LogP contribution in [-0.4, -0.2) is 5.91 Å². The van der Waals surface area contributed by atoms with Crippen LogP contribution in [0.4, 0.5) is 0 Å². The molecule has 1 amide bonds. The largest absolute Gasteiger partial charge is 0.366 e. The molecular formula is C8H4Br2N2O. The van der Waals surface area contributed by atoms with Crippen LogP contribution in [0.1, 0.15) is 15.9 Å². The third-order valence-electron chi connectivity index (χ3n) is 1.46. The number of nitrogens with two attached hydrogens (primary N) is 1. The Morgan fingerprint density at radius 1 is 1.46 bits per heavy atom. The van der Waals surface area contributed by atoms with Crippen molar-refractivity contribution in [2.45, 2.75) is 0 Å². The van der Waals surface area contributed by atoms with Gasteiger partial charge in [0.2, 0.25) is 0 Å². The number of halogens is 2. The second kappa shape index (κ2) is 3.90. The Hall–Kier alpha value is -0.860. The number of hydrogen-bond donors (Lipinski definition) is 1. The molecular weight excluding hydrogens is 300 g/mol. The zero-order chi connectivity index (χ0) is 10.0. The van der Waals surface area contributed by atoms with Crippen molar-refractivity contribution >= 4 is 37.8 Å². The summed E-state index contributed by atoms with van der Waals surface area (Å²) in [4.78, 5) is 11.0. The van der Waals surface area contributed by atoms with Crippen LogP contribution in [0.3, 0.4) is 0 Å². The van der Waals surface area contributed by atoms with Gasteiger partial charge in [-0.2, -0.15) is 5.26 Å². The summed E-state index contributed by atoms with van der Waals surface area (Å²) in [7, 11) is 0. The second-order valence-electron chi connectivity index (χ2n) is 2.26. The molecule has 0 saturated heterocycles. The Morgan fingerprint density at radius 3 is 2.54 bits per heavy atom. The molecule has 0 aliphatic heterocycles. The van der Waals surface area contributed by atoms with Gasteiger partial charge in [-0.15, -0.1) is 0 Å². The molecule has 0 fully saturated rings. The van der Waals surface area contributed by atoms with Crippen LogP contribution in [0.25, 0.3) is 0 Å². The lowest BCUT2D eigenvalue weighted by Crippen LogP contribution is -2.13. The molecule has 13 heavy (non-hydrogen) atoms. The summed E-state index contributed by atoms with van der Waals surface area (Å²) in [5.74, 6) is -0.621. The summed E-state index contributed by atoms with van der Waals surface area (Å²) in [5.41, 5.74) is 5.59. The second-order valence-corrected chi connectivity index (χ2v) is 3.91. The molecule has 1 rings (SSSR count). The number of rotatable bonds is 1. The number of nitrogens with zero attached hydrogens (tertiary/aromatic N) is 1. The van der Waals surface area contributed by atoms with Crippen LogP contribution < -0.4 is 5.73 Å². The number of carbonyl (C=O) groups is 1. The van der Waals surface area contributed by atoms with Crippen LogP contribution in [-0.2, 0) is 0 Å². The lowest BCUT2D eigenvalue weighted by Gasteiger charge is -2.03. The minimum Gasteiger partial charge on any atom is -0.366 e. The first-order valence-electron chi connectivity index (χ1n) is 3.26. The zero-order valence-corrected chi connectivity index (χ0v) is 9.52. The molecule has 0 aromatic heterocycles. The number of hydrogen-bond acceptors (Lipinski definition) is 2. The minimum atomic E-state index is -0.621. The number of carbonyl (C=O) groups excluding carboxylic acids is 1. The Morgan fingerprint density at radius 2 is 2.08 bits per heavy atom. The summed E-state index contributed by atoms with van der Waals surface area (Å²) >= 11 is 6.39. The summed E-state index contributed by atoms with van der Waals surface area (Å²) < 4.78 is 1.21. The number of amides is 1. The fraction of sp³-hybridized carbons (Fsp3) is 0. The van der Waals surface area contributed by atoms with Crippen molar-refractivity contribution < 1.29 is 4.79 Å². The molecule has 0 atom stereocenters. The zero-order valence-electron chi connectivity index (χ0n) is 6.34. The molecule has 0 radical (unpaired) electrons. The lowest BCUT2D eigenvalue weighted by molar-refractivity contribution is 0.0999. The van der Waals surface area contributed by atoms with Crippen LogP contribution in [0, 0.1) is 11.3 Å². The maximum Gasteiger partial charge on any atom is 0.251 e. The van der Waals surface area contributed by atoms with E-state index in [2.05, 4.69) is 31.9 Å². The van der Waals surface area contributed by atoms with Gasteiger partial charge in [-0.3, -0.25) is 4.79 Å². The van der Waals surface area contributed by atoms with Gasteiger partial charge in [0.15, 0.2) is 0 Å². The van der Waals surface area contributed by atoms with Crippen molar-refractivity contribution in [3.63, 3.8) is 0 Å². The van der Waals surface area contributed by atoms with Crippen LogP contribution >= 0.6 is 31.9 Å². The quantitative estimate of drug-likeness (QED) is 0.864. The van der Waals surface area contributed by atoms with Crippen molar-refractivity contribution in [2.24, 2.45) is 5.73 Å². The number of primary amides is 1. The summed E-state index contributed by atoms with van der Waals surface area (Å²) in [6, 6.07) is 5.11. The van der Waals surface area contributed by atoms with E-state index in [0.29, 0.717) is 8.95 Å². The first-order valence-corrected chi connectivity index (χ1v) is 4.84. The maximum atomic E-state index is 11.0. The average Bonchev–Trinajstić information content (AvgIpc) is 2.08. The highest BCUT2D eigenvalue weighted by Crippen LogP contribution is 2.28. The van der Waals surface area contributed by atoms with Gasteiger partial charge in [-0.25, -0.2) is 0 Å². The predicted octanol–water partition coefficient (Wildman–Crippen LogP) is 2.18. The van der Waals surface area contributed by atoms with Gasteiger partial charge in [0.1, 0.15) is 0 Å². The van der Waals surface area contributed by atoms with Crippen molar-refractivity contribution in [1.82, 2.24) is 0 Å². The van der Waals surface area contributed by atoms with E-state index in [1.54, 1.807) is 6.07 Å². The standard InChI is InChI=1S/C8H4Br2N2O/c9-5-2-1-4(3-11)6(7(5)10)8(12)13/h1-2H,(H2,12,13). The Labute approximate surface area is 91.8 Å². The number of benzene rings is 1. The van der Waals surface area contributed by atoms with E-state index in [-0.39, 0.29) is 11.1 Å². The van der Waals surface area contributed by atoms with Gasteiger partial charge in [-0.1, -0.05) is 0 Å².